The summed E-state index contributed by atoms with van der Waals surface area (Å²) in [7, 11) is 0. The summed E-state index contributed by atoms with van der Waals surface area (Å²) in [5, 5.41) is 0. The maximum Gasteiger partial charge on any atom is 0.0101 e. The Balaban J connectivity index is 1.92. The molecule has 0 aromatic carbocycles. The van der Waals surface area contributed by atoms with Crippen molar-refractivity contribution in [3.8, 4) is 0 Å². The van der Waals surface area contributed by atoms with Crippen LogP contribution in [0.15, 0.2) is 11.1 Å². The molecule has 1 aliphatic heterocycles. The van der Waals surface area contributed by atoms with Crippen molar-refractivity contribution < 1.29 is 0 Å². The molecule has 0 spiro atoms. The third-order valence-corrected chi connectivity index (χ3v) is 4.09. The SMILES string of the molecule is CC1=C(C)CCC(N2CCCC2)CC1. The van der Waals surface area contributed by atoms with E-state index in [1.807, 2.05) is 0 Å². The quantitative estimate of drug-likeness (QED) is 0.577. The lowest BCUT2D eigenvalue weighted by molar-refractivity contribution is 0.222. The number of hydrogen-bond acceptors (Lipinski definition) is 1. The van der Waals surface area contributed by atoms with Gasteiger partial charge in [0.1, 0.15) is 0 Å². The molecular formula is C13H23N. The number of likely N-dealkylation sites (tertiary alicyclic amines) is 1. The molecule has 14 heavy (non-hydrogen) atoms. The second-order valence-corrected chi connectivity index (χ2v) is 5.03. The number of rotatable bonds is 1. The standard InChI is InChI=1S/C13H23N/c1-11-5-7-13(8-6-12(11)2)14-9-3-4-10-14/h13H,3-10H2,1-2H3. The van der Waals surface area contributed by atoms with Gasteiger partial charge in [-0.05, 0) is 65.5 Å². The number of hydrogen-bond donors (Lipinski definition) is 0. The molecule has 0 aromatic rings. The topological polar surface area (TPSA) is 3.24 Å². The molecule has 1 nitrogen and oxygen atoms in total. The van der Waals surface area contributed by atoms with Crippen LogP contribution in [0.1, 0.15) is 52.4 Å². The van der Waals surface area contributed by atoms with Crippen LogP contribution in [-0.2, 0) is 0 Å². The monoisotopic (exact) mass is 193 g/mol. The van der Waals surface area contributed by atoms with Crippen LogP contribution in [0.3, 0.4) is 0 Å². The highest BCUT2D eigenvalue weighted by molar-refractivity contribution is 5.12. The first-order chi connectivity index (χ1) is 6.77. The lowest BCUT2D eigenvalue weighted by atomic mass is 10.1. The van der Waals surface area contributed by atoms with Gasteiger partial charge in [-0.15, -0.1) is 0 Å². The van der Waals surface area contributed by atoms with Gasteiger partial charge in [0.25, 0.3) is 0 Å². The second kappa shape index (κ2) is 4.48. The summed E-state index contributed by atoms with van der Waals surface area (Å²) in [5.41, 5.74) is 3.32. The highest BCUT2D eigenvalue weighted by Crippen LogP contribution is 2.28. The van der Waals surface area contributed by atoms with Gasteiger partial charge >= 0.3 is 0 Å². The van der Waals surface area contributed by atoms with E-state index in [1.165, 1.54) is 51.6 Å². The van der Waals surface area contributed by atoms with Crippen LogP contribution in [0.2, 0.25) is 0 Å². The maximum absolute atomic E-state index is 2.73. The lowest BCUT2D eigenvalue weighted by Crippen LogP contribution is -2.32. The van der Waals surface area contributed by atoms with Crippen LogP contribution < -0.4 is 0 Å². The van der Waals surface area contributed by atoms with E-state index in [2.05, 4.69) is 18.7 Å². The highest BCUT2D eigenvalue weighted by atomic mass is 15.2. The first kappa shape index (κ1) is 10.2. The van der Waals surface area contributed by atoms with Crippen LogP contribution in [0.5, 0.6) is 0 Å². The van der Waals surface area contributed by atoms with Gasteiger partial charge in [0.15, 0.2) is 0 Å². The van der Waals surface area contributed by atoms with Crippen molar-refractivity contribution in [1.29, 1.82) is 0 Å². The zero-order valence-corrected chi connectivity index (χ0v) is 9.68. The molecule has 0 N–H and O–H groups in total. The predicted octanol–water partition coefficient (Wildman–Crippen LogP) is 3.36. The van der Waals surface area contributed by atoms with Gasteiger partial charge in [0.2, 0.25) is 0 Å². The molecule has 1 heteroatoms. The van der Waals surface area contributed by atoms with Crippen LogP contribution in [-0.4, -0.2) is 24.0 Å². The van der Waals surface area contributed by atoms with E-state index >= 15 is 0 Å². The fourth-order valence-electron chi connectivity index (χ4n) is 2.81. The van der Waals surface area contributed by atoms with E-state index in [0.29, 0.717) is 0 Å². The minimum Gasteiger partial charge on any atom is -0.300 e. The summed E-state index contributed by atoms with van der Waals surface area (Å²) < 4.78 is 0. The van der Waals surface area contributed by atoms with Gasteiger partial charge in [-0.25, -0.2) is 0 Å². The normalized spacial score (nSPS) is 27.0. The molecule has 2 aliphatic rings. The maximum atomic E-state index is 2.73. The molecule has 2 rings (SSSR count). The van der Waals surface area contributed by atoms with Crippen molar-refractivity contribution in [2.75, 3.05) is 13.1 Å². The Labute approximate surface area is 88.2 Å². The molecule has 0 atom stereocenters. The summed E-state index contributed by atoms with van der Waals surface area (Å²) in [4.78, 5) is 2.73. The largest absolute Gasteiger partial charge is 0.300 e. The lowest BCUT2D eigenvalue weighted by Gasteiger charge is -2.26. The van der Waals surface area contributed by atoms with E-state index in [-0.39, 0.29) is 0 Å². The fraction of sp³-hybridized carbons (Fsp3) is 0.846. The van der Waals surface area contributed by atoms with Crippen molar-refractivity contribution in [2.45, 2.75) is 58.4 Å². The van der Waals surface area contributed by atoms with Gasteiger partial charge < -0.3 is 4.90 Å². The average molecular weight is 193 g/mol. The predicted molar refractivity (Wildman–Crippen MR) is 61.4 cm³/mol. The van der Waals surface area contributed by atoms with Gasteiger partial charge in [0.05, 0.1) is 0 Å². The second-order valence-electron chi connectivity index (χ2n) is 5.03. The van der Waals surface area contributed by atoms with Gasteiger partial charge in [-0.3, -0.25) is 0 Å². The van der Waals surface area contributed by atoms with Gasteiger partial charge in [-0.1, -0.05) is 11.1 Å². The van der Waals surface area contributed by atoms with Crippen molar-refractivity contribution in [2.24, 2.45) is 0 Å². The van der Waals surface area contributed by atoms with Crippen LogP contribution in [0.4, 0.5) is 0 Å². The number of allylic oxidation sites excluding steroid dienone is 2. The third kappa shape index (κ3) is 2.20. The molecule has 80 valence electrons. The zero-order chi connectivity index (χ0) is 9.97. The Morgan fingerprint density at radius 3 is 1.93 bits per heavy atom. The van der Waals surface area contributed by atoms with E-state index in [0.717, 1.165) is 6.04 Å². The fourth-order valence-corrected chi connectivity index (χ4v) is 2.81. The molecule has 0 unspecified atom stereocenters. The molecule has 0 bridgehead atoms. The summed E-state index contributed by atoms with van der Waals surface area (Å²) in [5.74, 6) is 0. The molecular weight excluding hydrogens is 170 g/mol. The van der Waals surface area contributed by atoms with E-state index in [9.17, 15) is 0 Å². The van der Waals surface area contributed by atoms with E-state index < -0.39 is 0 Å². The van der Waals surface area contributed by atoms with E-state index in [4.69, 9.17) is 0 Å². The smallest absolute Gasteiger partial charge is 0.0101 e. The molecule has 0 saturated carbocycles. The molecule has 0 amide bonds. The van der Waals surface area contributed by atoms with Crippen molar-refractivity contribution in [3.05, 3.63) is 11.1 Å². The zero-order valence-electron chi connectivity index (χ0n) is 9.68. The Morgan fingerprint density at radius 1 is 0.929 bits per heavy atom. The van der Waals surface area contributed by atoms with Gasteiger partial charge in [0, 0.05) is 6.04 Å². The van der Waals surface area contributed by atoms with Crippen LogP contribution >= 0.6 is 0 Å². The minimum absolute atomic E-state index is 0.893. The first-order valence-electron chi connectivity index (χ1n) is 6.16. The van der Waals surface area contributed by atoms with Crippen molar-refractivity contribution >= 4 is 0 Å². The summed E-state index contributed by atoms with van der Waals surface area (Å²) in [6.07, 6.45) is 8.36. The summed E-state index contributed by atoms with van der Waals surface area (Å²) >= 11 is 0. The third-order valence-electron chi connectivity index (χ3n) is 4.09. The van der Waals surface area contributed by atoms with Gasteiger partial charge in [-0.2, -0.15) is 0 Å². The Hall–Kier alpha value is -0.300. The highest BCUT2D eigenvalue weighted by Gasteiger charge is 2.23. The Bertz CT molecular complexity index is 207. The van der Waals surface area contributed by atoms with Crippen molar-refractivity contribution in [3.63, 3.8) is 0 Å². The minimum atomic E-state index is 0.893. The first-order valence-corrected chi connectivity index (χ1v) is 6.16. The number of nitrogens with zero attached hydrogens (tertiary/aromatic N) is 1. The van der Waals surface area contributed by atoms with E-state index in [1.54, 1.807) is 11.1 Å². The summed E-state index contributed by atoms with van der Waals surface area (Å²) in [6, 6.07) is 0.893. The molecule has 1 saturated heterocycles. The Morgan fingerprint density at radius 2 is 1.43 bits per heavy atom. The molecule has 0 aromatic heterocycles. The average Bonchev–Trinajstić information content (AvgIpc) is 2.65. The van der Waals surface area contributed by atoms with Crippen LogP contribution in [0.25, 0.3) is 0 Å². The Kier molecular flexibility index (Phi) is 3.27. The molecule has 0 radical (unpaired) electrons. The molecule has 1 fully saturated rings. The van der Waals surface area contributed by atoms with Crippen molar-refractivity contribution in [1.82, 2.24) is 4.90 Å². The molecule has 1 heterocycles. The summed E-state index contributed by atoms with van der Waals surface area (Å²) in [6.45, 7) is 7.37. The molecule has 1 aliphatic carbocycles. The van der Waals surface area contributed by atoms with Crippen LogP contribution in [0, 0.1) is 0 Å².